The standard InChI is InChI=1S/C11H18ClN3/c1-2-6-15-11(13-8-14-15)7-9-4-3-5-10(9)12/h8-10H,2-7H2,1H3. The summed E-state index contributed by atoms with van der Waals surface area (Å²) in [5.74, 6) is 1.71. The summed E-state index contributed by atoms with van der Waals surface area (Å²) in [6, 6.07) is 0. The van der Waals surface area contributed by atoms with E-state index in [0.717, 1.165) is 31.6 Å². The molecule has 15 heavy (non-hydrogen) atoms. The van der Waals surface area contributed by atoms with E-state index in [-0.39, 0.29) is 0 Å². The molecule has 3 nitrogen and oxygen atoms in total. The number of aromatic nitrogens is 3. The van der Waals surface area contributed by atoms with Gasteiger partial charge in [-0.25, -0.2) is 4.98 Å². The predicted octanol–water partition coefficient (Wildman–Crippen LogP) is 2.64. The maximum Gasteiger partial charge on any atom is 0.138 e. The molecule has 1 aromatic heterocycles. The van der Waals surface area contributed by atoms with Gasteiger partial charge in [0.1, 0.15) is 12.2 Å². The molecule has 84 valence electrons. The number of rotatable bonds is 4. The highest BCUT2D eigenvalue weighted by molar-refractivity contribution is 6.20. The van der Waals surface area contributed by atoms with Gasteiger partial charge in [0.15, 0.2) is 0 Å². The summed E-state index contributed by atoms with van der Waals surface area (Å²) < 4.78 is 2.02. The van der Waals surface area contributed by atoms with Crippen molar-refractivity contribution in [1.29, 1.82) is 0 Å². The molecular formula is C11H18ClN3. The zero-order valence-electron chi connectivity index (χ0n) is 9.19. The summed E-state index contributed by atoms with van der Waals surface area (Å²) in [5.41, 5.74) is 0. The van der Waals surface area contributed by atoms with E-state index in [1.807, 2.05) is 4.68 Å². The maximum atomic E-state index is 6.27. The minimum absolute atomic E-state index is 0.344. The van der Waals surface area contributed by atoms with Crippen LogP contribution < -0.4 is 0 Å². The van der Waals surface area contributed by atoms with Crippen LogP contribution in [0, 0.1) is 5.92 Å². The van der Waals surface area contributed by atoms with Crippen molar-refractivity contribution in [2.45, 2.75) is 50.9 Å². The molecule has 0 N–H and O–H groups in total. The van der Waals surface area contributed by atoms with Crippen LogP contribution in [0.3, 0.4) is 0 Å². The topological polar surface area (TPSA) is 30.7 Å². The first-order valence-corrected chi connectivity index (χ1v) is 6.25. The zero-order valence-corrected chi connectivity index (χ0v) is 9.95. The van der Waals surface area contributed by atoms with Crippen molar-refractivity contribution in [3.8, 4) is 0 Å². The van der Waals surface area contributed by atoms with Crippen LogP contribution in [0.15, 0.2) is 6.33 Å². The lowest BCUT2D eigenvalue weighted by atomic mass is 10.0. The monoisotopic (exact) mass is 227 g/mol. The van der Waals surface area contributed by atoms with Crippen molar-refractivity contribution in [2.24, 2.45) is 5.92 Å². The summed E-state index contributed by atoms with van der Waals surface area (Å²) in [5, 5.41) is 4.58. The van der Waals surface area contributed by atoms with E-state index in [9.17, 15) is 0 Å². The summed E-state index contributed by atoms with van der Waals surface area (Å²) in [4.78, 5) is 4.33. The second-order valence-electron chi connectivity index (χ2n) is 4.31. The molecule has 0 aliphatic heterocycles. The summed E-state index contributed by atoms with van der Waals surface area (Å²) >= 11 is 6.27. The van der Waals surface area contributed by atoms with Crippen LogP contribution >= 0.6 is 11.6 Å². The molecule has 0 radical (unpaired) electrons. The Bertz CT molecular complexity index is 311. The highest BCUT2D eigenvalue weighted by Gasteiger charge is 2.26. The molecule has 0 amide bonds. The minimum Gasteiger partial charge on any atom is -0.250 e. The molecule has 1 fully saturated rings. The Morgan fingerprint density at radius 3 is 3.07 bits per heavy atom. The third-order valence-electron chi connectivity index (χ3n) is 3.14. The molecule has 0 saturated heterocycles. The van der Waals surface area contributed by atoms with Crippen LogP contribution in [-0.2, 0) is 13.0 Å². The molecule has 4 heteroatoms. The Morgan fingerprint density at radius 1 is 1.53 bits per heavy atom. The number of hydrogen-bond donors (Lipinski definition) is 0. The van der Waals surface area contributed by atoms with Crippen LogP contribution in [0.2, 0.25) is 0 Å². The first kappa shape index (κ1) is 10.9. The van der Waals surface area contributed by atoms with Crippen LogP contribution in [0.25, 0.3) is 0 Å². The molecule has 2 rings (SSSR count). The van der Waals surface area contributed by atoms with Crippen LogP contribution in [0.1, 0.15) is 38.4 Å². The average molecular weight is 228 g/mol. The van der Waals surface area contributed by atoms with Gasteiger partial charge in [0.25, 0.3) is 0 Å². The van der Waals surface area contributed by atoms with Gasteiger partial charge in [-0.2, -0.15) is 5.10 Å². The normalized spacial score (nSPS) is 26.0. The third-order valence-corrected chi connectivity index (χ3v) is 3.72. The van der Waals surface area contributed by atoms with E-state index in [0.29, 0.717) is 11.3 Å². The maximum absolute atomic E-state index is 6.27. The molecule has 1 heterocycles. The third kappa shape index (κ3) is 2.51. The van der Waals surface area contributed by atoms with Crippen molar-refractivity contribution >= 4 is 11.6 Å². The summed E-state index contributed by atoms with van der Waals surface area (Å²) in [7, 11) is 0. The lowest BCUT2D eigenvalue weighted by Gasteiger charge is -2.13. The zero-order chi connectivity index (χ0) is 10.7. The van der Waals surface area contributed by atoms with Gasteiger partial charge in [-0.3, -0.25) is 4.68 Å². The van der Waals surface area contributed by atoms with E-state index in [1.165, 1.54) is 12.8 Å². The molecule has 2 unspecified atom stereocenters. The van der Waals surface area contributed by atoms with Crippen molar-refractivity contribution in [3.05, 3.63) is 12.2 Å². The Morgan fingerprint density at radius 2 is 2.40 bits per heavy atom. The molecule has 1 aliphatic rings. The molecule has 2 atom stereocenters. The first-order chi connectivity index (χ1) is 7.31. The second-order valence-corrected chi connectivity index (χ2v) is 4.87. The molecule has 0 spiro atoms. The Labute approximate surface area is 95.8 Å². The summed E-state index contributed by atoms with van der Waals surface area (Å²) in [6.07, 6.45) is 7.42. The van der Waals surface area contributed by atoms with E-state index in [4.69, 9.17) is 11.6 Å². The highest BCUT2D eigenvalue weighted by atomic mass is 35.5. The molecule has 0 bridgehead atoms. The predicted molar refractivity (Wildman–Crippen MR) is 61.0 cm³/mol. The van der Waals surface area contributed by atoms with Crippen molar-refractivity contribution in [1.82, 2.24) is 14.8 Å². The molecule has 1 saturated carbocycles. The first-order valence-electron chi connectivity index (χ1n) is 5.82. The summed E-state index contributed by atoms with van der Waals surface area (Å²) in [6.45, 7) is 3.13. The van der Waals surface area contributed by atoms with Crippen molar-refractivity contribution in [2.75, 3.05) is 0 Å². The lowest BCUT2D eigenvalue weighted by Crippen LogP contribution is -2.15. The van der Waals surface area contributed by atoms with Crippen LogP contribution in [0.5, 0.6) is 0 Å². The van der Waals surface area contributed by atoms with Gasteiger partial charge in [0.05, 0.1) is 0 Å². The van der Waals surface area contributed by atoms with Crippen LogP contribution in [0.4, 0.5) is 0 Å². The van der Waals surface area contributed by atoms with Gasteiger partial charge >= 0.3 is 0 Å². The van der Waals surface area contributed by atoms with Gasteiger partial charge in [0.2, 0.25) is 0 Å². The largest absolute Gasteiger partial charge is 0.250 e. The van der Waals surface area contributed by atoms with E-state index < -0.39 is 0 Å². The Kier molecular flexibility index (Phi) is 3.62. The molecular weight excluding hydrogens is 210 g/mol. The highest BCUT2D eigenvalue weighted by Crippen LogP contribution is 2.32. The molecule has 1 aliphatic carbocycles. The van der Waals surface area contributed by atoms with Crippen molar-refractivity contribution in [3.63, 3.8) is 0 Å². The SMILES string of the molecule is CCCn1ncnc1CC1CCCC1Cl. The lowest BCUT2D eigenvalue weighted by molar-refractivity contribution is 0.492. The number of alkyl halides is 1. The quantitative estimate of drug-likeness (QED) is 0.741. The van der Waals surface area contributed by atoms with E-state index in [1.54, 1.807) is 6.33 Å². The second kappa shape index (κ2) is 4.97. The fourth-order valence-electron chi connectivity index (χ4n) is 2.30. The Hall–Kier alpha value is -0.570. The molecule has 1 aromatic rings. The number of halogens is 1. The van der Waals surface area contributed by atoms with Gasteiger partial charge in [-0.1, -0.05) is 13.3 Å². The van der Waals surface area contributed by atoms with E-state index >= 15 is 0 Å². The van der Waals surface area contributed by atoms with Crippen LogP contribution in [-0.4, -0.2) is 20.1 Å². The smallest absolute Gasteiger partial charge is 0.138 e. The van der Waals surface area contributed by atoms with Gasteiger partial charge in [0, 0.05) is 18.3 Å². The fourth-order valence-corrected chi connectivity index (χ4v) is 2.67. The Balaban J connectivity index is 2.00. The number of hydrogen-bond acceptors (Lipinski definition) is 2. The van der Waals surface area contributed by atoms with E-state index in [2.05, 4.69) is 17.0 Å². The van der Waals surface area contributed by atoms with Gasteiger partial charge < -0.3 is 0 Å². The minimum atomic E-state index is 0.344. The average Bonchev–Trinajstić information content (AvgIpc) is 2.80. The van der Waals surface area contributed by atoms with Crippen molar-refractivity contribution < 1.29 is 0 Å². The number of aryl methyl sites for hydroxylation is 1. The fraction of sp³-hybridized carbons (Fsp3) is 0.818. The van der Waals surface area contributed by atoms with Gasteiger partial charge in [-0.15, -0.1) is 11.6 Å². The number of nitrogens with zero attached hydrogens (tertiary/aromatic N) is 3. The van der Waals surface area contributed by atoms with Gasteiger partial charge in [-0.05, 0) is 25.2 Å². The molecule has 0 aromatic carbocycles.